The molecule has 43 heavy (non-hydrogen) atoms. The Bertz CT molecular complexity index is 1010. The fraction of sp³-hybridized carbons (Fsp3) is 0.676. The van der Waals surface area contributed by atoms with Crippen LogP contribution < -0.4 is 5.46 Å². The molecule has 0 spiro atoms. The van der Waals surface area contributed by atoms with E-state index in [0.717, 1.165) is 24.7 Å². The van der Waals surface area contributed by atoms with Crippen LogP contribution in [0, 0.1) is 5.41 Å². The van der Waals surface area contributed by atoms with Crippen molar-refractivity contribution in [1.82, 2.24) is 0 Å². The molecule has 2 aliphatic rings. The number of benzene rings is 1. The zero-order chi connectivity index (χ0) is 33.9. The number of rotatable bonds is 7. The minimum Gasteiger partial charge on any atom is -0.399 e. The first-order valence-corrected chi connectivity index (χ1v) is 16.6. The van der Waals surface area contributed by atoms with Gasteiger partial charge in [-0.2, -0.15) is 0 Å². The number of allylic oxidation sites excluding steroid dienone is 5. The average Bonchev–Trinajstić information content (AvgIpc) is 3.27. The number of hydrogen-bond donors (Lipinski definition) is 0. The van der Waals surface area contributed by atoms with E-state index in [9.17, 15) is 0 Å². The predicted molar refractivity (Wildman–Crippen MR) is 191 cm³/mol. The van der Waals surface area contributed by atoms with Gasteiger partial charge in [-0.3, -0.25) is 0 Å². The second kappa shape index (κ2) is 17.2. The van der Waals surface area contributed by atoms with Gasteiger partial charge >= 0.3 is 14.2 Å². The predicted octanol–water partition coefficient (Wildman–Crippen LogP) is 10.1. The fourth-order valence-electron chi connectivity index (χ4n) is 4.61. The van der Waals surface area contributed by atoms with Crippen molar-refractivity contribution in [2.75, 3.05) is 0 Å². The van der Waals surface area contributed by atoms with Gasteiger partial charge in [-0.1, -0.05) is 116 Å². The van der Waals surface area contributed by atoms with Crippen LogP contribution in [0.1, 0.15) is 136 Å². The summed E-state index contributed by atoms with van der Waals surface area (Å²) in [6.07, 6.45) is 9.17. The lowest BCUT2D eigenvalue weighted by Gasteiger charge is -2.32. The molecule has 3 rings (SSSR count). The Morgan fingerprint density at radius 2 is 1.23 bits per heavy atom. The molecule has 0 radical (unpaired) electrons. The van der Waals surface area contributed by atoms with Crippen LogP contribution in [-0.2, 0) is 25.0 Å². The molecule has 6 heteroatoms. The molecular formula is C37H66B2O4. The van der Waals surface area contributed by atoms with E-state index < -0.39 is 0 Å². The highest BCUT2D eigenvalue weighted by molar-refractivity contribution is 6.62. The van der Waals surface area contributed by atoms with E-state index in [1.54, 1.807) is 0 Å². The SMILES string of the molecule is C=C/C=C(B1OC(C)(C)C(C)(C)O1)\C(=C/C)CC(C)(C)C.CC.CC.CCCc1ccccc1B1OC(C)(C)C(C)(C)O1. The molecule has 2 aliphatic heterocycles. The summed E-state index contributed by atoms with van der Waals surface area (Å²) in [6, 6.07) is 8.43. The van der Waals surface area contributed by atoms with Crippen molar-refractivity contribution >= 4 is 19.7 Å². The van der Waals surface area contributed by atoms with E-state index in [4.69, 9.17) is 18.6 Å². The molecule has 0 aromatic heterocycles. The van der Waals surface area contributed by atoms with Gasteiger partial charge in [0.15, 0.2) is 0 Å². The summed E-state index contributed by atoms with van der Waals surface area (Å²) in [5.41, 5.74) is 3.90. The molecular weight excluding hydrogens is 530 g/mol. The molecule has 0 saturated carbocycles. The molecule has 0 N–H and O–H groups in total. The van der Waals surface area contributed by atoms with Gasteiger partial charge in [0, 0.05) is 0 Å². The first-order valence-electron chi connectivity index (χ1n) is 16.6. The van der Waals surface area contributed by atoms with Crippen LogP contribution in [0.15, 0.2) is 60.1 Å². The van der Waals surface area contributed by atoms with Crippen molar-refractivity contribution in [2.45, 2.75) is 159 Å². The van der Waals surface area contributed by atoms with Crippen molar-refractivity contribution in [3.05, 3.63) is 65.7 Å². The van der Waals surface area contributed by atoms with Gasteiger partial charge in [0.1, 0.15) is 0 Å². The van der Waals surface area contributed by atoms with Gasteiger partial charge in [-0.25, -0.2) is 0 Å². The van der Waals surface area contributed by atoms with Crippen LogP contribution in [0.5, 0.6) is 0 Å². The van der Waals surface area contributed by atoms with Crippen LogP contribution in [0.4, 0.5) is 0 Å². The smallest absolute Gasteiger partial charge is 0.399 e. The summed E-state index contributed by atoms with van der Waals surface area (Å²) in [5, 5.41) is 0. The lowest BCUT2D eigenvalue weighted by Crippen LogP contribution is -2.41. The molecule has 0 amide bonds. The highest BCUT2D eigenvalue weighted by atomic mass is 16.7. The van der Waals surface area contributed by atoms with Gasteiger partial charge in [0.25, 0.3) is 0 Å². The summed E-state index contributed by atoms with van der Waals surface area (Å²) in [7, 11) is -0.570. The Hall–Kier alpha value is -1.59. The van der Waals surface area contributed by atoms with Crippen molar-refractivity contribution < 1.29 is 18.6 Å². The molecule has 0 atom stereocenters. The monoisotopic (exact) mass is 597 g/mol. The van der Waals surface area contributed by atoms with Gasteiger partial charge in [-0.15, -0.1) is 0 Å². The van der Waals surface area contributed by atoms with E-state index in [0.29, 0.717) is 0 Å². The van der Waals surface area contributed by atoms with Gasteiger partial charge in [0.05, 0.1) is 22.4 Å². The first kappa shape index (κ1) is 41.4. The molecule has 1 aromatic rings. The van der Waals surface area contributed by atoms with Crippen molar-refractivity contribution in [2.24, 2.45) is 5.41 Å². The quantitative estimate of drug-likeness (QED) is 0.232. The Morgan fingerprint density at radius 3 is 1.63 bits per heavy atom. The van der Waals surface area contributed by atoms with E-state index >= 15 is 0 Å². The van der Waals surface area contributed by atoms with Gasteiger partial charge in [0.2, 0.25) is 0 Å². The normalized spacial score (nSPS) is 20.2. The topological polar surface area (TPSA) is 36.9 Å². The zero-order valence-corrected chi connectivity index (χ0v) is 31.2. The third-order valence-corrected chi connectivity index (χ3v) is 8.33. The lowest BCUT2D eigenvalue weighted by atomic mass is 9.69. The highest BCUT2D eigenvalue weighted by Gasteiger charge is 2.53. The van der Waals surface area contributed by atoms with Gasteiger partial charge in [-0.05, 0) is 97.1 Å². The summed E-state index contributed by atoms with van der Waals surface area (Å²) in [5.74, 6) is 0. The summed E-state index contributed by atoms with van der Waals surface area (Å²) < 4.78 is 24.6. The Kier molecular flexibility index (Phi) is 16.6. The molecule has 4 nitrogen and oxygen atoms in total. The van der Waals surface area contributed by atoms with Crippen LogP contribution >= 0.6 is 0 Å². The Morgan fingerprint density at radius 1 is 0.791 bits per heavy atom. The van der Waals surface area contributed by atoms with Crippen LogP contribution in [-0.4, -0.2) is 36.6 Å². The van der Waals surface area contributed by atoms with Crippen molar-refractivity contribution in [1.29, 1.82) is 0 Å². The Balaban J connectivity index is 0.000000741. The summed E-state index contributed by atoms with van der Waals surface area (Å²) >= 11 is 0. The first-order chi connectivity index (χ1) is 19.8. The third-order valence-electron chi connectivity index (χ3n) is 8.33. The second-order valence-corrected chi connectivity index (χ2v) is 14.0. The summed E-state index contributed by atoms with van der Waals surface area (Å²) in [6.45, 7) is 39.5. The maximum Gasteiger partial charge on any atom is 0.495 e. The van der Waals surface area contributed by atoms with E-state index in [1.165, 1.54) is 16.6 Å². The zero-order valence-electron chi connectivity index (χ0n) is 31.2. The maximum atomic E-state index is 6.20. The molecule has 1 aromatic carbocycles. The van der Waals surface area contributed by atoms with Crippen LogP contribution in [0.25, 0.3) is 0 Å². The molecule has 2 heterocycles. The summed E-state index contributed by atoms with van der Waals surface area (Å²) in [4.78, 5) is 0. The molecule has 2 saturated heterocycles. The van der Waals surface area contributed by atoms with E-state index in [1.807, 2.05) is 39.8 Å². The largest absolute Gasteiger partial charge is 0.495 e. The average molecular weight is 597 g/mol. The van der Waals surface area contributed by atoms with E-state index in [2.05, 4.69) is 127 Å². The van der Waals surface area contributed by atoms with Crippen molar-refractivity contribution in [3.8, 4) is 0 Å². The van der Waals surface area contributed by atoms with Crippen molar-refractivity contribution in [3.63, 3.8) is 0 Å². The molecule has 0 bridgehead atoms. The minimum atomic E-state index is -0.332. The molecule has 0 aliphatic carbocycles. The minimum absolute atomic E-state index is 0.214. The molecule has 244 valence electrons. The standard InChI is InChI=1S/C18H31BO2.C15H23BO2.2C2H6/c1-10-12-15(14(11-2)13-16(3,4)5)19-20-17(6,7)18(8,9)21-19;1-6-9-12-10-7-8-11-13(12)16-17-14(2,3)15(4,5)18-16;2*1-2/h10-12H,1,13H2,2-9H3;7-8,10-11H,6,9H2,1-5H3;2*1-2H3/b14-11-,15-12+;;;. The third kappa shape index (κ3) is 11.4. The second-order valence-electron chi connectivity index (χ2n) is 14.0. The van der Waals surface area contributed by atoms with Crippen LogP contribution in [0.3, 0.4) is 0 Å². The highest BCUT2D eigenvalue weighted by Crippen LogP contribution is 2.41. The number of hydrogen-bond acceptors (Lipinski definition) is 4. The maximum absolute atomic E-state index is 6.20. The number of aryl methyl sites for hydroxylation is 1. The van der Waals surface area contributed by atoms with Gasteiger partial charge < -0.3 is 18.6 Å². The molecule has 0 unspecified atom stereocenters. The fourth-order valence-corrected chi connectivity index (χ4v) is 4.61. The van der Waals surface area contributed by atoms with E-state index in [-0.39, 0.29) is 42.1 Å². The molecule has 2 fully saturated rings. The van der Waals surface area contributed by atoms with Crippen LogP contribution in [0.2, 0.25) is 0 Å². The lowest BCUT2D eigenvalue weighted by molar-refractivity contribution is 0.00578. The Labute approximate surface area is 268 Å².